The van der Waals surface area contributed by atoms with Gasteiger partial charge in [0, 0.05) is 0 Å². The van der Waals surface area contributed by atoms with Gasteiger partial charge in [-0.05, 0) is 110 Å². The summed E-state index contributed by atoms with van der Waals surface area (Å²) in [6.45, 7) is 17.0. The Kier molecular flexibility index (Phi) is 12.2. The van der Waals surface area contributed by atoms with E-state index in [2.05, 4.69) is 47.3 Å². The maximum atomic E-state index is 14.0. The topological polar surface area (TPSA) is 20.2 Å². The fourth-order valence-corrected chi connectivity index (χ4v) is 7.34. The van der Waals surface area contributed by atoms with E-state index in [1.807, 2.05) is 13.0 Å². The molecule has 3 saturated carbocycles. The molecule has 8 heteroatoms. The number of aliphatic hydroxyl groups is 1. The molecule has 1 nitrogen and oxygen atoms in total. The van der Waals surface area contributed by atoms with E-state index >= 15 is 0 Å². The average molecular weight is 609 g/mol. The summed E-state index contributed by atoms with van der Waals surface area (Å²) < 4.78 is 91.7. The molecule has 3 aliphatic rings. The minimum Gasteiger partial charge on any atom is -0.370 e. The van der Waals surface area contributed by atoms with Crippen molar-refractivity contribution < 1.29 is 35.8 Å². The van der Waals surface area contributed by atoms with Crippen molar-refractivity contribution in [2.24, 2.45) is 28.6 Å². The number of halogens is 7. The Bertz CT molecular complexity index is 981. The van der Waals surface area contributed by atoms with Crippen LogP contribution in [0.3, 0.4) is 0 Å². The summed E-state index contributed by atoms with van der Waals surface area (Å²) in [4.78, 5) is 0. The molecule has 3 rings (SSSR count). The van der Waals surface area contributed by atoms with Gasteiger partial charge in [-0.1, -0.05) is 78.3 Å². The monoisotopic (exact) mass is 608 g/mol. The van der Waals surface area contributed by atoms with Crippen molar-refractivity contribution >= 4 is 0 Å². The summed E-state index contributed by atoms with van der Waals surface area (Å²) in [6.07, 6.45) is 1.42. The summed E-state index contributed by atoms with van der Waals surface area (Å²) in [5.41, 5.74) is -1.62. The molecule has 2 unspecified atom stereocenters. The van der Waals surface area contributed by atoms with Crippen LogP contribution in [0, 0.1) is 28.6 Å². The van der Waals surface area contributed by atoms with Crippen molar-refractivity contribution in [1.29, 1.82) is 0 Å². The van der Waals surface area contributed by atoms with Gasteiger partial charge in [-0.3, -0.25) is 0 Å². The summed E-state index contributed by atoms with van der Waals surface area (Å²) in [6, 6.07) is 0. The van der Waals surface area contributed by atoms with E-state index in [4.69, 9.17) is 0 Å². The second-order valence-corrected chi connectivity index (χ2v) is 14.1. The van der Waals surface area contributed by atoms with Crippen molar-refractivity contribution in [2.45, 2.75) is 136 Å². The Balaban J connectivity index is 0.000000782. The predicted molar refractivity (Wildman–Crippen MR) is 157 cm³/mol. The Morgan fingerprint density at radius 2 is 1.60 bits per heavy atom. The molecule has 0 saturated heterocycles. The summed E-state index contributed by atoms with van der Waals surface area (Å²) in [5, 5.41) is 9.36. The number of hydrogen-bond acceptors (Lipinski definition) is 1. The lowest BCUT2D eigenvalue weighted by Gasteiger charge is -2.44. The Labute approximate surface area is 248 Å². The van der Waals surface area contributed by atoms with Gasteiger partial charge >= 0.3 is 12.4 Å². The highest BCUT2D eigenvalue weighted by atomic mass is 19.4. The highest BCUT2D eigenvalue weighted by Crippen LogP contribution is 2.60. The van der Waals surface area contributed by atoms with E-state index in [0.29, 0.717) is 17.4 Å². The largest absolute Gasteiger partial charge is 0.429 e. The minimum atomic E-state index is -5.85. The first kappa shape index (κ1) is 36.6. The zero-order valence-electron chi connectivity index (χ0n) is 26.2. The van der Waals surface area contributed by atoms with Gasteiger partial charge in [0.2, 0.25) is 0 Å². The van der Waals surface area contributed by atoms with Gasteiger partial charge in [0.15, 0.2) is 0 Å². The summed E-state index contributed by atoms with van der Waals surface area (Å²) >= 11 is 0. The number of rotatable bonds is 6. The third-order valence-electron chi connectivity index (χ3n) is 9.65. The molecule has 0 amide bonds. The van der Waals surface area contributed by atoms with Crippen LogP contribution in [0.4, 0.5) is 30.7 Å². The molecule has 42 heavy (non-hydrogen) atoms. The normalized spacial score (nSPS) is 30.4. The Morgan fingerprint density at radius 1 is 0.976 bits per heavy atom. The predicted octanol–water partition coefficient (Wildman–Crippen LogP) is 11.4. The molecule has 3 fully saturated rings. The Hall–Kier alpha value is -1.57. The molecule has 0 radical (unpaired) electrons. The lowest BCUT2D eigenvalue weighted by atomic mass is 9.61. The lowest BCUT2D eigenvalue weighted by molar-refractivity contribution is -0.347. The van der Waals surface area contributed by atoms with Gasteiger partial charge in [0.1, 0.15) is 6.17 Å². The summed E-state index contributed by atoms with van der Waals surface area (Å²) in [7, 11) is 0. The van der Waals surface area contributed by atoms with E-state index in [1.54, 1.807) is 0 Å². The van der Waals surface area contributed by atoms with Crippen molar-refractivity contribution in [1.82, 2.24) is 0 Å². The SMILES string of the molecule is C=C1/C(=C\C=C2/CCC[C@@]3(C)C2CCC3[C@@H](C)C/C=C\C(O)(C(F)(F)F)C(F)(F)F)CCC[C@@H]1F.CCCC(C)(C)C. The number of fused-ring (bicyclic) bond motifs is 1. The molecule has 0 aromatic carbocycles. The first-order valence-corrected chi connectivity index (χ1v) is 15.4. The van der Waals surface area contributed by atoms with Crippen LogP contribution in [0.25, 0.3) is 0 Å². The van der Waals surface area contributed by atoms with E-state index in [9.17, 15) is 35.8 Å². The third-order valence-corrected chi connectivity index (χ3v) is 9.65. The van der Waals surface area contributed by atoms with Crippen molar-refractivity contribution in [3.63, 3.8) is 0 Å². The molecular weight excluding hydrogens is 557 g/mol. The van der Waals surface area contributed by atoms with E-state index in [0.717, 1.165) is 56.6 Å². The van der Waals surface area contributed by atoms with E-state index in [-0.39, 0.29) is 35.7 Å². The van der Waals surface area contributed by atoms with Crippen LogP contribution in [-0.4, -0.2) is 29.2 Å². The molecule has 0 spiro atoms. The number of alkyl halides is 7. The van der Waals surface area contributed by atoms with Crippen LogP contribution in [-0.2, 0) is 0 Å². The minimum absolute atomic E-state index is 0.0161. The lowest BCUT2D eigenvalue weighted by Crippen LogP contribution is -2.55. The van der Waals surface area contributed by atoms with Gasteiger partial charge in [0.05, 0.1) is 0 Å². The highest BCUT2D eigenvalue weighted by molar-refractivity contribution is 5.38. The molecule has 5 atom stereocenters. The fourth-order valence-electron chi connectivity index (χ4n) is 7.34. The van der Waals surface area contributed by atoms with Crippen LogP contribution < -0.4 is 0 Å². The third kappa shape index (κ3) is 8.75. The maximum absolute atomic E-state index is 14.0. The average Bonchev–Trinajstić information content (AvgIpc) is 3.20. The second kappa shape index (κ2) is 14.0. The van der Waals surface area contributed by atoms with E-state index < -0.39 is 24.1 Å². The quantitative estimate of drug-likeness (QED) is 0.235. The smallest absolute Gasteiger partial charge is 0.370 e. The highest BCUT2D eigenvalue weighted by Gasteiger charge is 2.69. The zero-order valence-corrected chi connectivity index (χ0v) is 26.2. The molecule has 3 aliphatic carbocycles. The molecular formula is C34H51F7O. The molecule has 0 aromatic heterocycles. The molecule has 0 heterocycles. The first-order valence-electron chi connectivity index (χ1n) is 15.4. The van der Waals surface area contributed by atoms with Gasteiger partial charge in [0.25, 0.3) is 5.60 Å². The van der Waals surface area contributed by atoms with Gasteiger partial charge in [-0.2, -0.15) is 26.3 Å². The first-order chi connectivity index (χ1) is 19.2. The van der Waals surface area contributed by atoms with Crippen LogP contribution in [0.15, 0.2) is 47.6 Å². The van der Waals surface area contributed by atoms with Crippen LogP contribution >= 0.6 is 0 Å². The van der Waals surface area contributed by atoms with Crippen LogP contribution in [0.5, 0.6) is 0 Å². The van der Waals surface area contributed by atoms with Crippen molar-refractivity contribution in [3.8, 4) is 0 Å². The standard InChI is InChI=1S/C27H35F7O.C7H16/c1-17(7-5-16-25(35,26(29,30)31)27(32,33)34)21-13-14-22-20(9-6-15-24(21,22)3)12-11-19-8-4-10-23(28)18(19)2;1-5-6-7(2,3)4/h5,11-12,16-17,21-23,35H,2,4,6-10,13-15H2,1,3H3;5-6H2,1-4H3/b16-5-,19-11-,20-12+;/t17-,21?,22?,23-,24+;/m0./s1. The summed E-state index contributed by atoms with van der Waals surface area (Å²) in [5.74, 6) is 0.276. The number of hydrogen-bond donors (Lipinski definition) is 1. The zero-order chi connectivity index (χ0) is 32.1. The molecule has 0 aromatic rings. The van der Waals surface area contributed by atoms with Gasteiger partial charge < -0.3 is 5.11 Å². The van der Waals surface area contributed by atoms with Crippen LogP contribution in [0.2, 0.25) is 0 Å². The van der Waals surface area contributed by atoms with Crippen LogP contribution in [0.1, 0.15) is 112 Å². The van der Waals surface area contributed by atoms with Gasteiger partial charge in [-0.15, -0.1) is 0 Å². The second-order valence-electron chi connectivity index (χ2n) is 14.1. The molecule has 0 bridgehead atoms. The maximum Gasteiger partial charge on any atom is 0.429 e. The molecule has 1 N–H and O–H groups in total. The van der Waals surface area contributed by atoms with Crippen molar-refractivity contribution in [2.75, 3.05) is 0 Å². The molecule has 242 valence electrons. The van der Waals surface area contributed by atoms with Gasteiger partial charge in [-0.25, -0.2) is 4.39 Å². The van der Waals surface area contributed by atoms with Crippen molar-refractivity contribution in [3.05, 3.63) is 47.6 Å². The Morgan fingerprint density at radius 3 is 2.12 bits per heavy atom. The number of allylic oxidation sites excluding steroid dienone is 6. The van der Waals surface area contributed by atoms with E-state index in [1.165, 1.54) is 18.4 Å². The molecule has 0 aliphatic heterocycles. The fraction of sp³-hybridized carbons (Fsp3) is 0.765.